The third-order valence-electron chi connectivity index (χ3n) is 2.53. The van der Waals surface area contributed by atoms with Gasteiger partial charge in [-0.25, -0.2) is 4.98 Å². The van der Waals surface area contributed by atoms with Crippen LogP contribution in [-0.2, 0) is 0 Å². The predicted molar refractivity (Wildman–Crippen MR) is 57.4 cm³/mol. The van der Waals surface area contributed by atoms with Crippen LogP contribution >= 0.6 is 11.3 Å². The van der Waals surface area contributed by atoms with Crippen molar-refractivity contribution in [3.05, 3.63) is 11.1 Å². The van der Waals surface area contributed by atoms with Gasteiger partial charge in [0.2, 0.25) is 0 Å². The minimum atomic E-state index is 0.707. The van der Waals surface area contributed by atoms with E-state index in [1.807, 2.05) is 0 Å². The molecule has 1 fully saturated rings. The first-order valence-electron chi connectivity index (χ1n) is 4.90. The second-order valence-electron chi connectivity index (χ2n) is 3.81. The van der Waals surface area contributed by atoms with Crippen molar-refractivity contribution in [1.82, 2.24) is 4.98 Å². The molecule has 14 heavy (non-hydrogen) atoms. The lowest BCUT2D eigenvalue weighted by Crippen LogP contribution is -2.34. The van der Waals surface area contributed by atoms with Gasteiger partial charge in [-0.3, -0.25) is 0 Å². The smallest absolute Gasteiger partial charge is 0.186 e. The first kappa shape index (κ1) is 9.47. The monoisotopic (exact) mass is 207 g/mol. The molecule has 0 radical (unpaired) electrons. The van der Waals surface area contributed by atoms with Gasteiger partial charge in [-0.1, -0.05) is 18.3 Å². The molecule has 0 amide bonds. The predicted octanol–water partition coefficient (Wildman–Crippen LogP) is 2.25. The molecular weight excluding hydrogens is 194 g/mol. The van der Waals surface area contributed by atoms with E-state index in [2.05, 4.69) is 22.9 Å². The molecule has 1 atom stereocenters. The van der Waals surface area contributed by atoms with Crippen molar-refractivity contribution in [1.29, 1.82) is 5.26 Å². The van der Waals surface area contributed by atoms with Gasteiger partial charge in [-0.15, -0.1) is 0 Å². The van der Waals surface area contributed by atoms with Crippen molar-refractivity contribution >= 4 is 16.5 Å². The van der Waals surface area contributed by atoms with E-state index in [-0.39, 0.29) is 0 Å². The van der Waals surface area contributed by atoms with Crippen LogP contribution < -0.4 is 4.90 Å². The minimum Gasteiger partial charge on any atom is -0.348 e. The molecule has 0 saturated carbocycles. The van der Waals surface area contributed by atoms with Crippen molar-refractivity contribution in [2.75, 3.05) is 18.0 Å². The zero-order chi connectivity index (χ0) is 9.97. The molecule has 0 aliphatic carbocycles. The summed E-state index contributed by atoms with van der Waals surface area (Å²) >= 11 is 1.50. The zero-order valence-electron chi connectivity index (χ0n) is 8.23. The highest BCUT2D eigenvalue weighted by Crippen LogP contribution is 2.26. The van der Waals surface area contributed by atoms with Gasteiger partial charge in [0.25, 0.3) is 0 Å². The van der Waals surface area contributed by atoms with Crippen LogP contribution in [-0.4, -0.2) is 18.1 Å². The average Bonchev–Trinajstić information content (AvgIpc) is 2.66. The molecule has 1 aromatic rings. The van der Waals surface area contributed by atoms with E-state index in [1.54, 1.807) is 6.20 Å². The topological polar surface area (TPSA) is 39.9 Å². The summed E-state index contributed by atoms with van der Waals surface area (Å²) in [5.41, 5.74) is 0. The fourth-order valence-electron chi connectivity index (χ4n) is 1.83. The van der Waals surface area contributed by atoms with Crippen LogP contribution in [0.2, 0.25) is 0 Å². The van der Waals surface area contributed by atoms with E-state index in [1.165, 1.54) is 24.2 Å². The van der Waals surface area contributed by atoms with Crippen LogP contribution in [0.3, 0.4) is 0 Å². The molecule has 2 rings (SSSR count). The summed E-state index contributed by atoms with van der Waals surface area (Å²) < 4.78 is 0. The van der Waals surface area contributed by atoms with Crippen molar-refractivity contribution in [2.24, 2.45) is 5.92 Å². The summed E-state index contributed by atoms with van der Waals surface area (Å²) in [7, 11) is 0. The number of aromatic nitrogens is 1. The zero-order valence-corrected chi connectivity index (χ0v) is 9.05. The Morgan fingerprint density at radius 3 is 3.21 bits per heavy atom. The molecule has 74 valence electrons. The number of nitriles is 1. The SMILES string of the molecule is CC1CCCN(c2ncc(C#N)s2)C1. The summed E-state index contributed by atoms with van der Waals surface area (Å²) in [4.78, 5) is 7.27. The van der Waals surface area contributed by atoms with Gasteiger partial charge in [-0.2, -0.15) is 5.26 Å². The highest BCUT2D eigenvalue weighted by atomic mass is 32.1. The molecule has 1 aliphatic rings. The number of rotatable bonds is 1. The van der Waals surface area contributed by atoms with Gasteiger partial charge in [0, 0.05) is 13.1 Å². The molecule has 1 aromatic heterocycles. The maximum absolute atomic E-state index is 8.70. The number of hydrogen-bond acceptors (Lipinski definition) is 4. The molecule has 0 bridgehead atoms. The van der Waals surface area contributed by atoms with E-state index in [0.29, 0.717) is 4.88 Å². The Balaban J connectivity index is 2.10. The summed E-state index contributed by atoms with van der Waals surface area (Å²) in [6.45, 7) is 4.44. The largest absolute Gasteiger partial charge is 0.348 e. The van der Waals surface area contributed by atoms with Crippen LogP contribution in [0.15, 0.2) is 6.20 Å². The highest BCUT2D eigenvalue weighted by Gasteiger charge is 2.18. The van der Waals surface area contributed by atoms with Gasteiger partial charge in [0.1, 0.15) is 10.9 Å². The standard InChI is InChI=1S/C10H13N3S/c1-8-3-2-4-13(7-8)10-12-6-9(5-11)14-10/h6,8H,2-4,7H2,1H3. The number of piperidine rings is 1. The molecule has 3 nitrogen and oxygen atoms in total. The Hall–Kier alpha value is -1.08. The lowest BCUT2D eigenvalue weighted by Gasteiger charge is -2.30. The summed E-state index contributed by atoms with van der Waals surface area (Å²) in [6, 6.07) is 2.13. The third kappa shape index (κ3) is 1.88. The lowest BCUT2D eigenvalue weighted by atomic mass is 10.0. The number of thiazole rings is 1. The van der Waals surface area contributed by atoms with E-state index in [0.717, 1.165) is 24.1 Å². The van der Waals surface area contributed by atoms with Crippen molar-refractivity contribution in [3.8, 4) is 6.07 Å². The van der Waals surface area contributed by atoms with Crippen molar-refractivity contribution in [3.63, 3.8) is 0 Å². The molecule has 0 N–H and O–H groups in total. The lowest BCUT2D eigenvalue weighted by molar-refractivity contribution is 0.446. The van der Waals surface area contributed by atoms with Crippen LogP contribution in [0, 0.1) is 17.2 Å². The van der Waals surface area contributed by atoms with Crippen LogP contribution in [0.1, 0.15) is 24.6 Å². The number of anilines is 1. The molecule has 1 unspecified atom stereocenters. The fourth-order valence-corrected chi connectivity index (χ4v) is 2.57. The van der Waals surface area contributed by atoms with Gasteiger partial charge in [0.15, 0.2) is 5.13 Å². The third-order valence-corrected chi connectivity index (χ3v) is 3.49. The van der Waals surface area contributed by atoms with Gasteiger partial charge in [0.05, 0.1) is 6.20 Å². The van der Waals surface area contributed by atoms with Crippen molar-refractivity contribution in [2.45, 2.75) is 19.8 Å². The van der Waals surface area contributed by atoms with Gasteiger partial charge in [-0.05, 0) is 18.8 Å². The molecule has 2 heterocycles. The molecule has 1 aliphatic heterocycles. The molecule has 0 aromatic carbocycles. The maximum atomic E-state index is 8.70. The van der Waals surface area contributed by atoms with Crippen LogP contribution in [0.5, 0.6) is 0 Å². The van der Waals surface area contributed by atoms with E-state index >= 15 is 0 Å². The van der Waals surface area contributed by atoms with E-state index in [4.69, 9.17) is 5.26 Å². The second kappa shape index (κ2) is 3.97. The second-order valence-corrected chi connectivity index (χ2v) is 4.82. The fraction of sp³-hybridized carbons (Fsp3) is 0.600. The highest BCUT2D eigenvalue weighted by molar-refractivity contribution is 7.16. The molecular formula is C10H13N3S. The van der Waals surface area contributed by atoms with Crippen LogP contribution in [0.25, 0.3) is 0 Å². The number of nitrogens with zero attached hydrogens (tertiary/aromatic N) is 3. The number of hydrogen-bond donors (Lipinski definition) is 0. The quantitative estimate of drug-likeness (QED) is 0.709. The first-order chi connectivity index (χ1) is 6.79. The summed E-state index contributed by atoms with van der Waals surface area (Å²) in [5.74, 6) is 0.748. The Labute approximate surface area is 88.0 Å². The first-order valence-corrected chi connectivity index (χ1v) is 5.72. The Morgan fingerprint density at radius 2 is 2.57 bits per heavy atom. The normalized spacial score (nSPS) is 22.0. The van der Waals surface area contributed by atoms with Crippen LogP contribution in [0.4, 0.5) is 5.13 Å². The molecule has 1 saturated heterocycles. The van der Waals surface area contributed by atoms with Gasteiger partial charge >= 0.3 is 0 Å². The molecule has 4 heteroatoms. The summed E-state index contributed by atoms with van der Waals surface area (Å²) in [5, 5.41) is 9.71. The van der Waals surface area contributed by atoms with Crippen molar-refractivity contribution < 1.29 is 0 Å². The minimum absolute atomic E-state index is 0.707. The van der Waals surface area contributed by atoms with E-state index < -0.39 is 0 Å². The van der Waals surface area contributed by atoms with E-state index in [9.17, 15) is 0 Å². The average molecular weight is 207 g/mol. The Kier molecular flexibility index (Phi) is 2.69. The Morgan fingerprint density at radius 1 is 1.71 bits per heavy atom. The Bertz CT molecular complexity index is 352. The molecule has 0 spiro atoms. The maximum Gasteiger partial charge on any atom is 0.186 e. The van der Waals surface area contributed by atoms with Gasteiger partial charge < -0.3 is 4.90 Å². The summed E-state index contributed by atoms with van der Waals surface area (Å²) in [6.07, 6.45) is 4.22.